The van der Waals surface area contributed by atoms with Crippen LogP contribution in [0.5, 0.6) is 0 Å². The van der Waals surface area contributed by atoms with Crippen molar-refractivity contribution in [2.45, 2.75) is 69.4 Å². The molecule has 2 aromatic heterocycles. The largest absolute Gasteiger partial charge is 0.481 e. The quantitative estimate of drug-likeness (QED) is 0.0365. The number of hydrogen-bond donors (Lipinski definition) is 4. The number of carbonyl (C=O) groups excluding carboxylic acids is 1. The van der Waals surface area contributed by atoms with E-state index in [2.05, 4.69) is 4.98 Å². The number of nitro benzene ring substituents is 1. The van der Waals surface area contributed by atoms with E-state index in [4.69, 9.17) is 36.8 Å². The number of nitro groups is 1. The van der Waals surface area contributed by atoms with E-state index in [-0.39, 0.29) is 39.0 Å². The number of pyridine rings is 1. The number of nitrogens with zero attached hydrogens (tertiary/aromatic N) is 2. The molecular formula is C32H37ClF3N3O11S2. The van der Waals surface area contributed by atoms with Crippen LogP contribution in [-0.2, 0) is 41.8 Å². The van der Waals surface area contributed by atoms with Gasteiger partial charge < -0.3 is 20.7 Å². The third-order valence-corrected chi connectivity index (χ3v) is 9.00. The number of esters is 1. The maximum Gasteiger partial charge on any atom is 0.417 e. The van der Waals surface area contributed by atoms with Crippen molar-refractivity contribution in [1.82, 2.24) is 4.98 Å². The van der Waals surface area contributed by atoms with Crippen molar-refractivity contribution in [2.75, 3.05) is 6.54 Å². The first-order valence-corrected chi connectivity index (χ1v) is 17.6. The molecule has 2 heterocycles. The van der Waals surface area contributed by atoms with Gasteiger partial charge in [-0.3, -0.25) is 29.2 Å². The van der Waals surface area contributed by atoms with Gasteiger partial charge in [0.05, 0.1) is 21.2 Å². The third kappa shape index (κ3) is 16.3. The number of ether oxygens (including phenoxy) is 1. The highest BCUT2D eigenvalue weighted by Gasteiger charge is 2.32. The first-order valence-electron chi connectivity index (χ1n) is 15.0. The molecule has 3 rings (SSSR count). The smallest absolute Gasteiger partial charge is 0.417 e. The van der Waals surface area contributed by atoms with Gasteiger partial charge in [0.2, 0.25) is 0 Å². The monoisotopic (exact) mass is 795 g/mol. The van der Waals surface area contributed by atoms with Crippen molar-refractivity contribution in [3.8, 4) is 0 Å². The summed E-state index contributed by atoms with van der Waals surface area (Å²) < 4.78 is 72.9. The Kier molecular flexibility index (Phi) is 17.5. The van der Waals surface area contributed by atoms with E-state index in [9.17, 15) is 46.1 Å². The first-order chi connectivity index (χ1) is 23.9. The van der Waals surface area contributed by atoms with Gasteiger partial charge in [-0.1, -0.05) is 18.5 Å². The number of non-ortho nitro benzene ring substituents is 1. The van der Waals surface area contributed by atoms with Crippen molar-refractivity contribution >= 4 is 62.7 Å². The molecule has 0 radical (unpaired) electrons. The van der Waals surface area contributed by atoms with E-state index in [0.29, 0.717) is 36.0 Å². The lowest BCUT2D eigenvalue weighted by atomic mass is 10.0. The molecule has 0 fully saturated rings. The Hall–Kier alpha value is -4.43. The minimum absolute atomic E-state index is 0.00877. The predicted molar refractivity (Wildman–Crippen MR) is 185 cm³/mol. The van der Waals surface area contributed by atoms with Crippen LogP contribution in [0.3, 0.4) is 0 Å². The Balaban J connectivity index is 0.000000398. The molecule has 0 saturated heterocycles. The molecule has 0 saturated carbocycles. The second kappa shape index (κ2) is 20.0. The number of alkyl halides is 3. The summed E-state index contributed by atoms with van der Waals surface area (Å²) in [5.74, 6) is -3.92. The van der Waals surface area contributed by atoms with Crippen molar-refractivity contribution in [3.05, 3.63) is 91.1 Å². The number of nitrogens with two attached hydrogens (primary N) is 1. The lowest BCUT2D eigenvalue weighted by Gasteiger charge is -2.22. The lowest BCUT2D eigenvalue weighted by Crippen LogP contribution is -2.33. The summed E-state index contributed by atoms with van der Waals surface area (Å²) in [5.41, 5.74) is 4.74. The minimum Gasteiger partial charge on any atom is -0.481 e. The van der Waals surface area contributed by atoms with Crippen LogP contribution in [0.15, 0.2) is 58.4 Å². The second-order valence-electron chi connectivity index (χ2n) is 11.6. The van der Waals surface area contributed by atoms with Crippen LogP contribution in [0.4, 0.5) is 18.9 Å². The van der Waals surface area contributed by atoms with E-state index in [1.54, 1.807) is 27.7 Å². The van der Waals surface area contributed by atoms with Crippen LogP contribution in [0.1, 0.15) is 68.7 Å². The average molecular weight is 796 g/mol. The highest BCUT2D eigenvalue weighted by atomic mass is 35.5. The van der Waals surface area contributed by atoms with Crippen molar-refractivity contribution in [1.29, 1.82) is 0 Å². The molecule has 1 unspecified atom stereocenters. The van der Waals surface area contributed by atoms with E-state index in [1.807, 2.05) is 0 Å². The zero-order valence-corrected chi connectivity index (χ0v) is 30.6. The number of aliphatic carboxylic acids is 2. The van der Waals surface area contributed by atoms with Gasteiger partial charge in [0.1, 0.15) is 9.81 Å². The van der Waals surface area contributed by atoms with Gasteiger partial charge in [-0.2, -0.15) is 21.6 Å². The number of aromatic nitrogens is 1. The maximum atomic E-state index is 12.5. The van der Waals surface area contributed by atoms with Crippen molar-refractivity contribution in [2.24, 2.45) is 11.7 Å². The number of carboxylic acid groups (broad SMARTS) is 2. The normalized spacial score (nSPS) is 12.4. The number of benzene rings is 1. The highest BCUT2D eigenvalue weighted by Crippen LogP contribution is 2.32. The predicted octanol–water partition coefficient (Wildman–Crippen LogP) is 6.89. The fourth-order valence-corrected chi connectivity index (χ4v) is 5.71. The first kappa shape index (κ1) is 45.6. The van der Waals surface area contributed by atoms with Crippen LogP contribution < -0.4 is 5.73 Å². The zero-order valence-electron chi connectivity index (χ0n) is 28.2. The molecule has 0 spiro atoms. The molecule has 0 bridgehead atoms. The molecule has 0 aliphatic rings. The number of carbonyl (C=O) groups is 3. The van der Waals surface area contributed by atoms with Gasteiger partial charge in [-0.15, -0.1) is 11.3 Å². The summed E-state index contributed by atoms with van der Waals surface area (Å²) in [6.07, 6.45) is -1.17. The number of hydrogen-bond acceptors (Lipinski definition) is 11. The summed E-state index contributed by atoms with van der Waals surface area (Å²) in [7, 11) is -4.29. The number of thiophene rings is 1. The van der Waals surface area contributed by atoms with E-state index < -0.39 is 56.2 Å². The van der Waals surface area contributed by atoms with Gasteiger partial charge >= 0.3 is 34.2 Å². The molecule has 1 aromatic carbocycles. The molecule has 52 heavy (non-hydrogen) atoms. The highest BCUT2D eigenvalue weighted by molar-refractivity contribution is 7.88. The lowest BCUT2D eigenvalue weighted by molar-refractivity contribution is -0.384. The summed E-state index contributed by atoms with van der Waals surface area (Å²) in [6, 6.07) is 9.15. The Morgan fingerprint density at radius 3 is 2.12 bits per heavy atom. The summed E-state index contributed by atoms with van der Waals surface area (Å²) in [6.45, 7) is 7.21. The van der Waals surface area contributed by atoms with Gasteiger partial charge in [-0.05, 0) is 88.5 Å². The van der Waals surface area contributed by atoms with Crippen LogP contribution in [-0.4, -0.2) is 63.1 Å². The molecular weight excluding hydrogens is 759 g/mol. The summed E-state index contributed by atoms with van der Waals surface area (Å²) in [5, 5.41) is 27.9. The van der Waals surface area contributed by atoms with E-state index in [1.165, 1.54) is 42.5 Å². The van der Waals surface area contributed by atoms with E-state index >= 15 is 0 Å². The summed E-state index contributed by atoms with van der Waals surface area (Å²) in [4.78, 5) is 47.0. The van der Waals surface area contributed by atoms with Gasteiger partial charge in [0.25, 0.3) is 5.69 Å². The topological polar surface area (TPSA) is 237 Å². The third-order valence-electron chi connectivity index (χ3n) is 6.26. The number of halogens is 4. The molecule has 0 aliphatic heterocycles. The summed E-state index contributed by atoms with van der Waals surface area (Å²) >= 11 is 6.55. The van der Waals surface area contributed by atoms with Crippen LogP contribution >= 0.6 is 22.9 Å². The Morgan fingerprint density at radius 2 is 1.71 bits per heavy atom. The standard InChI is InChI=1S/C11H7ClF3NO3S2.C11H11NO4.C10H19NO4/c12-8-3-6(11(13,14)15)5-16-9(8)4-7-1-2-10(20-7)21(17,18)19;1-2-9(11(13)14)7-8-3-5-10(6-4-8)12(15)16;1-10(2,3)15-9(14)7(8(12)13)5-4-6-11/h1-3,5H,4H2,(H,17,18,19);3-7H,2H2,1H3,(H,13,14);7H,4-6,11H2,1-3H3,(H,12,13). The van der Waals surface area contributed by atoms with Gasteiger partial charge in [-0.25, -0.2) is 4.79 Å². The molecule has 0 aliphatic carbocycles. The Labute approximate surface area is 306 Å². The molecule has 14 nitrogen and oxygen atoms in total. The number of rotatable bonds is 12. The molecule has 0 amide bonds. The Morgan fingerprint density at radius 1 is 1.12 bits per heavy atom. The second-order valence-corrected chi connectivity index (χ2v) is 14.8. The molecule has 1 atom stereocenters. The molecule has 20 heteroatoms. The van der Waals surface area contributed by atoms with Crippen molar-refractivity contribution < 1.29 is 60.4 Å². The number of carboxylic acids is 2. The van der Waals surface area contributed by atoms with Gasteiger partial charge in [0, 0.05) is 35.2 Å². The fraction of sp³-hybridized carbons (Fsp3) is 0.375. The zero-order chi connectivity index (χ0) is 40.0. The minimum atomic E-state index is -4.53. The van der Waals surface area contributed by atoms with Crippen molar-refractivity contribution in [3.63, 3.8) is 0 Å². The average Bonchev–Trinajstić information content (AvgIpc) is 3.50. The molecule has 286 valence electrons. The molecule has 5 N–H and O–H groups in total. The van der Waals surface area contributed by atoms with Crippen LogP contribution in [0.2, 0.25) is 5.02 Å². The maximum absolute atomic E-state index is 12.5. The van der Waals surface area contributed by atoms with E-state index in [0.717, 1.165) is 17.4 Å². The molecule has 3 aromatic rings. The Bertz CT molecular complexity index is 1840. The SMILES string of the molecule is CC(C)(C)OC(=O)C(CCCN)C(=O)O.CCC(=Cc1ccc([N+](=O)[O-])cc1)C(=O)O.O=S(=O)(O)c1ccc(Cc2ncc(C(F)(F)F)cc2Cl)s1. The van der Waals surface area contributed by atoms with Gasteiger partial charge in [0.15, 0.2) is 5.92 Å². The van der Waals surface area contributed by atoms with Crippen LogP contribution in [0.25, 0.3) is 6.08 Å². The fourth-order valence-electron chi connectivity index (χ4n) is 3.75. The van der Waals surface area contributed by atoms with Crippen LogP contribution in [0, 0.1) is 16.0 Å².